The Labute approximate surface area is 178 Å². The second-order valence-corrected chi connectivity index (χ2v) is 9.65. The summed E-state index contributed by atoms with van der Waals surface area (Å²) in [5.74, 6) is -2.11. The molecule has 6 nitrogen and oxygen atoms in total. The van der Waals surface area contributed by atoms with Crippen molar-refractivity contribution in [1.82, 2.24) is 4.31 Å². The van der Waals surface area contributed by atoms with Gasteiger partial charge in [0, 0.05) is 24.7 Å². The molecule has 2 heterocycles. The van der Waals surface area contributed by atoms with Gasteiger partial charge in [-0.15, -0.1) is 0 Å². The summed E-state index contributed by atoms with van der Waals surface area (Å²) in [7, 11) is -4.24. The maximum absolute atomic E-state index is 14.2. The predicted octanol–water partition coefficient (Wildman–Crippen LogP) is 4.24. The van der Waals surface area contributed by atoms with E-state index in [1.165, 1.54) is 0 Å². The number of carbonyl (C=O) groups is 1. The van der Waals surface area contributed by atoms with Crippen molar-refractivity contribution in [2.24, 2.45) is 0 Å². The van der Waals surface area contributed by atoms with Crippen LogP contribution in [0.25, 0.3) is 0 Å². The number of anilines is 1. The fraction of sp³-hybridized carbons (Fsp3) is 0.350. The van der Waals surface area contributed by atoms with Crippen LogP contribution >= 0.6 is 11.6 Å². The second-order valence-electron chi connectivity index (χ2n) is 7.34. The molecule has 0 unspecified atom stereocenters. The second kappa shape index (κ2) is 7.79. The molecule has 0 N–H and O–H groups in total. The van der Waals surface area contributed by atoms with E-state index in [0.29, 0.717) is 25.0 Å². The van der Waals surface area contributed by atoms with Crippen molar-refractivity contribution in [1.29, 1.82) is 0 Å². The highest BCUT2D eigenvalue weighted by molar-refractivity contribution is 7.89. The minimum atomic E-state index is -4.24. The third kappa shape index (κ3) is 3.55. The minimum Gasteiger partial charge on any atom is -0.444 e. The Morgan fingerprint density at radius 3 is 2.53 bits per heavy atom. The van der Waals surface area contributed by atoms with E-state index in [9.17, 15) is 22.0 Å². The van der Waals surface area contributed by atoms with Gasteiger partial charge in [-0.25, -0.2) is 22.0 Å². The van der Waals surface area contributed by atoms with Crippen LogP contribution in [0.3, 0.4) is 0 Å². The number of piperidine rings is 1. The number of halogens is 3. The van der Waals surface area contributed by atoms with Crippen LogP contribution in [0.15, 0.2) is 35.2 Å². The number of hydrogen-bond acceptors (Lipinski definition) is 4. The number of nitrogens with zero attached hydrogens (tertiary/aromatic N) is 2. The number of aryl methyl sites for hydroxylation is 1. The Kier molecular flexibility index (Phi) is 5.46. The molecule has 0 saturated carbocycles. The molecule has 2 aromatic carbocycles. The van der Waals surface area contributed by atoms with Crippen LogP contribution in [0.2, 0.25) is 5.02 Å². The number of cyclic esters (lactones) is 1. The molecule has 2 aromatic rings. The van der Waals surface area contributed by atoms with E-state index < -0.39 is 37.7 Å². The van der Waals surface area contributed by atoms with Crippen LogP contribution in [0.4, 0.5) is 19.3 Å². The van der Waals surface area contributed by atoms with Gasteiger partial charge in [0.05, 0.1) is 10.7 Å². The van der Waals surface area contributed by atoms with E-state index in [0.717, 1.165) is 21.1 Å². The van der Waals surface area contributed by atoms with Crippen molar-refractivity contribution in [2.45, 2.75) is 37.3 Å². The van der Waals surface area contributed by atoms with Gasteiger partial charge in [-0.1, -0.05) is 29.8 Å². The Bertz CT molecular complexity index is 1120. The van der Waals surface area contributed by atoms with Gasteiger partial charge < -0.3 is 4.74 Å². The topological polar surface area (TPSA) is 66.9 Å². The lowest BCUT2D eigenvalue weighted by atomic mass is 10.00. The highest BCUT2D eigenvalue weighted by Gasteiger charge is 2.38. The van der Waals surface area contributed by atoms with Crippen molar-refractivity contribution < 1.29 is 26.7 Å². The van der Waals surface area contributed by atoms with Crippen molar-refractivity contribution in [3.63, 3.8) is 0 Å². The molecular weight excluding hydrogens is 438 g/mol. The number of sulfonamides is 1. The summed E-state index contributed by atoms with van der Waals surface area (Å²) < 4.78 is 60.0. The summed E-state index contributed by atoms with van der Waals surface area (Å²) in [4.78, 5) is 13.3. The van der Waals surface area contributed by atoms with Crippen LogP contribution < -0.4 is 4.90 Å². The molecule has 1 amide bonds. The quantitative estimate of drug-likeness (QED) is 0.648. The number of ether oxygens (including phenoxy) is 1. The average molecular weight is 457 g/mol. The molecule has 0 spiro atoms. The van der Waals surface area contributed by atoms with Gasteiger partial charge in [0.1, 0.15) is 23.1 Å². The maximum Gasteiger partial charge on any atom is 0.414 e. The van der Waals surface area contributed by atoms with Crippen molar-refractivity contribution in [2.75, 3.05) is 18.0 Å². The van der Waals surface area contributed by atoms with Gasteiger partial charge in [0.25, 0.3) is 0 Å². The van der Waals surface area contributed by atoms with Crippen LogP contribution in [0.5, 0.6) is 0 Å². The van der Waals surface area contributed by atoms with E-state index in [-0.39, 0.29) is 25.7 Å². The molecular formula is C20H19ClF2N2O4S. The molecule has 0 aliphatic carbocycles. The molecule has 1 fully saturated rings. The summed E-state index contributed by atoms with van der Waals surface area (Å²) >= 11 is 5.52. The van der Waals surface area contributed by atoms with E-state index in [1.54, 1.807) is 4.90 Å². The number of rotatable bonds is 3. The van der Waals surface area contributed by atoms with Crippen LogP contribution in [0, 0.1) is 18.6 Å². The molecule has 10 heteroatoms. The number of para-hydroxylation sites is 1. The third-order valence-electron chi connectivity index (χ3n) is 5.49. The summed E-state index contributed by atoms with van der Waals surface area (Å²) in [6.45, 7) is 2.21. The zero-order valence-corrected chi connectivity index (χ0v) is 17.6. The van der Waals surface area contributed by atoms with Gasteiger partial charge >= 0.3 is 6.09 Å². The lowest BCUT2D eigenvalue weighted by Gasteiger charge is -2.40. The summed E-state index contributed by atoms with van der Waals surface area (Å²) in [6.07, 6.45) is 0.198. The lowest BCUT2D eigenvalue weighted by molar-refractivity contribution is 0.135. The summed E-state index contributed by atoms with van der Waals surface area (Å²) in [6, 6.07) is 6.67. The Balaban J connectivity index is 1.57. The van der Waals surface area contributed by atoms with Gasteiger partial charge in [0.2, 0.25) is 10.0 Å². The van der Waals surface area contributed by atoms with Crippen molar-refractivity contribution in [3.8, 4) is 0 Å². The zero-order valence-electron chi connectivity index (χ0n) is 16.1. The largest absolute Gasteiger partial charge is 0.444 e. The van der Waals surface area contributed by atoms with Crippen molar-refractivity contribution in [3.05, 3.63) is 58.1 Å². The lowest BCUT2D eigenvalue weighted by Crippen LogP contribution is -2.50. The van der Waals surface area contributed by atoms with E-state index in [1.807, 2.05) is 25.1 Å². The fourth-order valence-electron chi connectivity index (χ4n) is 3.99. The first-order valence-corrected chi connectivity index (χ1v) is 11.2. The van der Waals surface area contributed by atoms with Crippen molar-refractivity contribution >= 4 is 33.4 Å². The smallest absolute Gasteiger partial charge is 0.414 e. The number of hydrogen-bond donors (Lipinski definition) is 0. The molecule has 0 radical (unpaired) electrons. The number of fused-ring (bicyclic) bond motifs is 1. The molecule has 1 saturated heterocycles. The van der Waals surface area contributed by atoms with Gasteiger partial charge in [-0.2, -0.15) is 4.31 Å². The number of benzene rings is 2. The average Bonchev–Trinajstić information content (AvgIpc) is 2.71. The highest BCUT2D eigenvalue weighted by Crippen LogP contribution is 2.35. The van der Waals surface area contributed by atoms with Crippen LogP contribution in [-0.4, -0.2) is 37.9 Å². The molecule has 0 aromatic heterocycles. The van der Waals surface area contributed by atoms with Gasteiger partial charge in [-0.05, 0) is 37.5 Å². The first kappa shape index (κ1) is 21.0. The molecule has 2 aliphatic heterocycles. The Hall–Kier alpha value is -2.23. The van der Waals surface area contributed by atoms with Gasteiger partial charge in [0.15, 0.2) is 0 Å². The molecule has 2 aliphatic rings. The SMILES string of the molecule is Cc1cccc2c1N(C1CCN(S(=O)(=O)c3cc(F)c(Cl)cc3F)CC1)C(=O)OC2. The molecule has 160 valence electrons. The van der Waals surface area contributed by atoms with Crippen LogP contribution in [0.1, 0.15) is 24.0 Å². The summed E-state index contributed by atoms with van der Waals surface area (Å²) in [5, 5.41) is -0.484. The normalized spacial score (nSPS) is 18.3. The van der Waals surface area contributed by atoms with E-state index in [4.69, 9.17) is 16.3 Å². The van der Waals surface area contributed by atoms with E-state index >= 15 is 0 Å². The summed E-state index contributed by atoms with van der Waals surface area (Å²) in [5.41, 5.74) is 2.61. The fourth-order valence-corrected chi connectivity index (χ4v) is 5.67. The predicted molar refractivity (Wildman–Crippen MR) is 107 cm³/mol. The molecule has 0 bridgehead atoms. The highest BCUT2D eigenvalue weighted by atomic mass is 35.5. The number of carbonyl (C=O) groups excluding carboxylic acids is 1. The van der Waals surface area contributed by atoms with Gasteiger partial charge in [-0.3, -0.25) is 4.90 Å². The standard InChI is InChI=1S/C20H19ClF2N2O4S/c1-12-3-2-4-13-11-29-20(26)25(19(12)13)14-5-7-24(8-6-14)30(27,28)18-10-16(22)15(21)9-17(18)23/h2-4,9-10,14H,5-8,11H2,1H3. The maximum atomic E-state index is 14.2. The first-order valence-electron chi connectivity index (χ1n) is 9.39. The van der Waals surface area contributed by atoms with Crippen LogP contribution in [-0.2, 0) is 21.4 Å². The third-order valence-corrected chi connectivity index (χ3v) is 7.69. The minimum absolute atomic E-state index is 0.0572. The van der Waals surface area contributed by atoms with E-state index in [2.05, 4.69) is 0 Å². The Morgan fingerprint density at radius 1 is 1.13 bits per heavy atom. The number of amides is 1. The Morgan fingerprint density at radius 2 is 1.83 bits per heavy atom. The molecule has 0 atom stereocenters. The molecule has 30 heavy (non-hydrogen) atoms. The zero-order chi connectivity index (χ0) is 21.6. The first-order chi connectivity index (χ1) is 14.2. The molecule has 4 rings (SSSR count). The monoisotopic (exact) mass is 456 g/mol.